The van der Waals surface area contributed by atoms with Crippen molar-refractivity contribution in [2.45, 2.75) is 24.0 Å². The maximum Gasteiger partial charge on any atom is 0.244 e. The van der Waals surface area contributed by atoms with Crippen molar-refractivity contribution < 1.29 is 22.1 Å². The van der Waals surface area contributed by atoms with E-state index in [9.17, 15) is 17.6 Å². The first kappa shape index (κ1) is 15.2. The van der Waals surface area contributed by atoms with E-state index in [1.807, 2.05) is 0 Å². The number of aryl methyl sites for hydroxylation is 1. The second kappa shape index (κ2) is 5.65. The summed E-state index contributed by atoms with van der Waals surface area (Å²) in [6.45, 7) is 2.81. The van der Waals surface area contributed by atoms with Crippen molar-refractivity contribution in [1.29, 1.82) is 0 Å². The third-order valence-corrected chi connectivity index (χ3v) is 4.95. The van der Waals surface area contributed by atoms with Crippen LogP contribution in [0, 0.1) is 12.7 Å². The molecule has 0 radical (unpaired) electrons. The molecular weight excluding hydrogens is 299 g/mol. The SMILES string of the molecule is Cc1cc(NC(=O)[C@@H](C)S(=O)(=O)c2ccccc2F)no1. The number of benzene rings is 1. The molecular formula is C13H13FN2O4S. The van der Waals surface area contributed by atoms with Crippen molar-refractivity contribution >= 4 is 21.6 Å². The van der Waals surface area contributed by atoms with Crippen molar-refractivity contribution in [3.8, 4) is 0 Å². The lowest BCUT2D eigenvalue weighted by Gasteiger charge is -2.12. The predicted molar refractivity (Wildman–Crippen MR) is 72.9 cm³/mol. The van der Waals surface area contributed by atoms with Gasteiger partial charge in [0.25, 0.3) is 0 Å². The average Bonchev–Trinajstić information content (AvgIpc) is 2.83. The fourth-order valence-corrected chi connectivity index (χ4v) is 2.99. The molecule has 1 N–H and O–H groups in total. The zero-order valence-electron chi connectivity index (χ0n) is 11.3. The molecule has 0 unspecified atom stereocenters. The van der Waals surface area contributed by atoms with E-state index >= 15 is 0 Å². The van der Waals surface area contributed by atoms with Gasteiger partial charge in [0, 0.05) is 6.07 Å². The molecule has 0 fully saturated rings. The molecule has 6 nitrogen and oxygen atoms in total. The van der Waals surface area contributed by atoms with Crippen LogP contribution >= 0.6 is 0 Å². The van der Waals surface area contributed by atoms with Gasteiger partial charge in [0.2, 0.25) is 5.91 Å². The highest BCUT2D eigenvalue weighted by molar-refractivity contribution is 7.92. The Morgan fingerprint density at radius 1 is 1.38 bits per heavy atom. The molecule has 0 saturated carbocycles. The van der Waals surface area contributed by atoms with Crippen molar-refractivity contribution in [3.05, 3.63) is 41.9 Å². The van der Waals surface area contributed by atoms with E-state index in [2.05, 4.69) is 10.5 Å². The van der Waals surface area contributed by atoms with Crippen LogP contribution < -0.4 is 5.32 Å². The van der Waals surface area contributed by atoms with Gasteiger partial charge in [-0.15, -0.1) is 0 Å². The minimum Gasteiger partial charge on any atom is -0.360 e. The van der Waals surface area contributed by atoms with E-state index in [0.29, 0.717) is 5.76 Å². The summed E-state index contributed by atoms with van der Waals surface area (Å²) in [5, 5.41) is 4.38. The topological polar surface area (TPSA) is 89.3 Å². The maximum absolute atomic E-state index is 13.6. The lowest BCUT2D eigenvalue weighted by molar-refractivity contribution is -0.115. The molecule has 2 aromatic rings. The molecule has 0 aliphatic carbocycles. The third-order valence-electron chi connectivity index (χ3n) is 2.86. The van der Waals surface area contributed by atoms with Crippen LogP contribution in [0.15, 0.2) is 39.8 Å². The molecule has 0 saturated heterocycles. The van der Waals surface area contributed by atoms with Crippen LogP contribution in [0.2, 0.25) is 0 Å². The Morgan fingerprint density at radius 2 is 2.05 bits per heavy atom. The molecule has 1 atom stereocenters. The van der Waals surface area contributed by atoms with E-state index in [1.54, 1.807) is 6.92 Å². The van der Waals surface area contributed by atoms with E-state index in [-0.39, 0.29) is 5.82 Å². The molecule has 112 valence electrons. The van der Waals surface area contributed by atoms with E-state index in [0.717, 1.165) is 12.1 Å². The number of anilines is 1. The summed E-state index contributed by atoms with van der Waals surface area (Å²) in [6, 6.07) is 6.35. The molecule has 0 aliphatic rings. The van der Waals surface area contributed by atoms with Gasteiger partial charge >= 0.3 is 0 Å². The summed E-state index contributed by atoms with van der Waals surface area (Å²) < 4.78 is 42.9. The van der Waals surface area contributed by atoms with E-state index < -0.39 is 31.7 Å². The molecule has 1 amide bonds. The molecule has 1 heterocycles. The standard InChI is InChI=1S/C13H13FN2O4S/c1-8-7-12(16-20-8)15-13(17)9(2)21(18,19)11-6-4-3-5-10(11)14/h3-7,9H,1-2H3,(H,15,16,17)/t9-/m1/s1. The van der Waals surface area contributed by atoms with Crippen LogP contribution in [0.1, 0.15) is 12.7 Å². The molecule has 1 aromatic carbocycles. The van der Waals surface area contributed by atoms with Crippen molar-refractivity contribution in [2.75, 3.05) is 5.32 Å². The van der Waals surface area contributed by atoms with E-state index in [4.69, 9.17) is 4.52 Å². The van der Waals surface area contributed by atoms with Crippen molar-refractivity contribution in [3.63, 3.8) is 0 Å². The fraction of sp³-hybridized carbons (Fsp3) is 0.231. The first-order valence-electron chi connectivity index (χ1n) is 6.05. The Labute approximate surface area is 120 Å². The zero-order chi connectivity index (χ0) is 15.6. The average molecular weight is 312 g/mol. The van der Waals surface area contributed by atoms with Crippen LogP contribution in [0.4, 0.5) is 10.2 Å². The van der Waals surface area contributed by atoms with Crippen molar-refractivity contribution in [2.24, 2.45) is 0 Å². The number of amides is 1. The molecule has 0 spiro atoms. The number of carbonyl (C=O) groups is 1. The minimum absolute atomic E-state index is 0.105. The summed E-state index contributed by atoms with van der Waals surface area (Å²) in [6.07, 6.45) is 0. The normalized spacial score (nSPS) is 12.9. The maximum atomic E-state index is 13.6. The number of nitrogens with one attached hydrogen (secondary N) is 1. The number of hydrogen-bond donors (Lipinski definition) is 1. The number of aromatic nitrogens is 1. The first-order valence-corrected chi connectivity index (χ1v) is 7.59. The minimum atomic E-state index is -4.13. The van der Waals surface area contributed by atoms with Gasteiger partial charge in [-0.25, -0.2) is 12.8 Å². The number of sulfone groups is 1. The van der Waals surface area contributed by atoms with Gasteiger partial charge in [-0.2, -0.15) is 0 Å². The van der Waals surface area contributed by atoms with Gasteiger partial charge in [0.1, 0.15) is 21.7 Å². The highest BCUT2D eigenvalue weighted by atomic mass is 32.2. The monoisotopic (exact) mass is 312 g/mol. The number of halogens is 1. The molecule has 0 bridgehead atoms. The number of nitrogens with zero attached hydrogens (tertiary/aromatic N) is 1. The third kappa shape index (κ3) is 3.10. The van der Waals surface area contributed by atoms with Gasteiger partial charge in [-0.3, -0.25) is 4.79 Å². The first-order chi connectivity index (χ1) is 9.82. The Morgan fingerprint density at radius 3 is 2.62 bits per heavy atom. The molecule has 2 rings (SSSR count). The molecule has 8 heteroatoms. The van der Waals surface area contributed by atoms with Crippen molar-refractivity contribution in [1.82, 2.24) is 5.16 Å². The molecule has 0 aliphatic heterocycles. The zero-order valence-corrected chi connectivity index (χ0v) is 12.1. The molecule has 21 heavy (non-hydrogen) atoms. The van der Waals surface area contributed by atoms with Gasteiger partial charge in [-0.1, -0.05) is 17.3 Å². The lowest BCUT2D eigenvalue weighted by atomic mass is 10.3. The van der Waals surface area contributed by atoms with Gasteiger partial charge in [0.05, 0.1) is 0 Å². The number of carbonyl (C=O) groups excluding carboxylic acids is 1. The lowest BCUT2D eigenvalue weighted by Crippen LogP contribution is -2.33. The highest BCUT2D eigenvalue weighted by Crippen LogP contribution is 2.20. The van der Waals surface area contributed by atoms with Gasteiger partial charge in [0.15, 0.2) is 15.7 Å². The smallest absolute Gasteiger partial charge is 0.244 e. The predicted octanol–water partition coefficient (Wildman–Crippen LogP) is 1.92. The van der Waals surface area contributed by atoms with Crippen LogP contribution in [-0.4, -0.2) is 24.7 Å². The summed E-state index contributed by atoms with van der Waals surface area (Å²) in [7, 11) is -4.13. The summed E-state index contributed by atoms with van der Waals surface area (Å²) in [5.74, 6) is -1.14. The number of hydrogen-bond acceptors (Lipinski definition) is 5. The quantitative estimate of drug-likeness (QED) is 0.931. The number of rotatable bonds is 4. The summed E-state index contributed by atoms with van der Waals surface area (Å²) in [5.41, 5.74) is 0. The van der Waals surface area contributed by atoms with E-state index in [1.165, 1.54) is 25.1 Å². The van der Waals surface area contributed by atoms with Crippen LogP contribution in [0.5, 0.6) is 0 Å². The molecule has 1 aromatic heterocycles. The van der Waals surface area contributed by atoms with Gasteiger partial charge in [-0.05, 0) is 26.0 Å². The van der Waals surface area contributed by atoms with Crippen LogP contribution in [0.25, 0.3) is 0 Å². The van der Waals surface area contributed by atoms with Gasteiger partial charge < -0.3 is 9.84 Å². The summed E-state index contributed by atoms with van der Waals surface area (Å²) >= 11 is 0. The Bertz CT molecular complexity index is 770. The van der Waals surface area contributed by atoms with Crippen LogP contribution in [0.3, 0.4) is 0 Å². The fourth-order valence-electron chi connectivity index (χ4n) is 1.66. The Balaban J connectivity index is 2.24. The second-order valence-electron chi connectivity index (χ2n) is 4.43. The largest absolute Gasteiger partial charge is 0.360 e. The highest BCUT2D eigenvalue weighted by Gasteiger charge is 2.32. The van der Waals surface area contributed by atoms with Crippen LogP contribution in [-0.2, 0) is 14.6 Å². The summed E-state index contributed by atoms with van der Waals surface area (Å²) in [4.78, 5) is 11.4. The Hall–Kier alpha value is -2.22. The second-order valence-corrected chi connectivity index (χ2v) is 6.67. The Kier molecular flexibility index (Phi) is 4.08.